The van der Waals surface area contributed by atoms with E-state index in [2.05, 4.69) is 32.0 Å². The van der Waals surface area contributed by atoms with Crippen molar-refractivity contribution in [1.29, 1.82) is 0 Å². The van der Waals surface area contributed by atoms with Gasteiger partial charge in [-0.3, -0.25) is 0 Å². The second kappa shape index (κ2) is 4.44. The molecule has 1 rings (SSSR count). The summed E-state index contributed by atoms with van der Waals surface area (Å²) in [5.41, 5.74) is 9.33. The van der Waals surface area contributed by atoms with Gasteiger partial charge in [0.1, 0.15) is 0 Å². The van der Waals surface area contributed by atoms with Crippen LogP contribution in [-0.4, -0.2) is 25.9 Å². The summed E-state index contributed by atoms with van der Waals surface area (Å²) >= 11 is 0. The lowest BCUT2D eigenvalue weighted by Crippen LogP contribution is -2.36. The van der Waals surface area contributed by atoms with Crippen LogP contribution in [0.25, 0.3) is 0 Å². The van der Waals surface area contributed by atoms with Crippen molar-refractivity contribution in [2.75, 3.05) is 13.7 Å². The summed E-state index contributed by atoms with van der Waals surface area (Å²) in [6.45, 7) is 4.79. The molecule has 2 nitrogen and oxygen atoms in total. The summed E-state index contributed by atoms with van der Waals surface area (Å²) < 4.78 is 0. The van der Waals surface area contributed by atoms with E-state index in [1.54, 1.807) is 0 Å². The average molecular weight is 175 g/mol. The molecule has 0 aliphatic carbocycles. The van der Waals surface area contributed by atoms with Gasteiger partial charge in [0.15, 0.2) is 0 Å². The number of hydrogen-bond acceptors (Lipinski definition) is 2. The first-order valence-electron chi connectivity index (χ1n) is 4.46. The third kappa shape index (κ3) is 2.86. The maximum absolute atomic E-state index is 5.48. The highest BCUT2D eigenvalue weighted by molar-refractivity contribution is 6.50. The van der Waals surface area contributed by atoms with Crippen molar-refractivity contribution < 1.29 is 0 Å². The van der Waals surface area contributed by atoms with Gasteiger partial charge in [-0.25, -0.2) is 0 Å². The first-order chi connectivity index (χ1) is 6.13. The van der Waals surface area contributed by atoms with Crippen molar-refractivity contribution in [3.8, 4) is 0 Å². The SMILES string of the molecule is Cc1ccc([B]N(C)CN)cc1C. The minimum absolute atomic E-state index is 0.549. The lowest BCUT2D eigenvalue weighted by molar-refractivity contribution is 0.557. The number of nitrogens with zero attached hydrogens (tertiary/aromatic N) is 1. The molecule has 1 aromatic carbocycles. The lowest BCUT2D eigenvalue weighted by atomic mass is 9.80. The topological polar surface area (TPSA) is 29.3 Å². The number of rotatable bonds is 3. The van der Waals surface area contributed by atoms with Gasteiger partial charge in [-0.05, 0) is 32.0 Å². The number of benzene rings is 1. The van der Waals surface area contributed by atoms with Gasteiger partial charge in [-0.1, -0.05) is 23.7 Å². The van der Waals surface area contributed by atoms with Crippen LogP contribution in [0.3, 0.4) is 0 Å². The third-order valence-electron chi connectivity index (χ3n) is 2.19. The maximum Gasteiger partial charge on any atom is 0.248 e. The predicted octanol–water partition coefficient (Wildman–Crippen LogP) is 0.396. The Morgan fingerprint density at radius 1 is 1.31 bits per heavy atom. The van der Waals surface area contributed by atoms with Crippen LogP contribution < -0.4 is 11.2 Å². The number of nitrogens with two attached hydrogens (primary N) is 1. The van der Waals surface area contributed by atoms with Crippen molar-refractivity contribution >= 4 is 12.9 Å². The Bertz CT molecular complexity index is 286. The van der Waals surface area contributed by atoms with E-state index in [0.717, 1.165) is 0 Å². The molecule has 0 saturated carbocycles. The van der Waals surface area contributed by atoms with E-state index < -0.39 is 0 Å². The monoisotopic (exact) mass is 175 g/mol. The molecule has 0 atom stereocenters. The standard InChI is InChI=1S/C10H16BN2/c1-8-4-5-10(6-9(8)2)11-13(3)7-12/h4-6H,7,12H2,1-3H3. The molecule has 0 heterocycles. The van der Waals surface area contributed by atoms with E-state index in [1.165, 1.54) is 16.6 Å². The van der Waals surface area contributed by atoms with Gasteiger partial charge in [0, 0.05) is 6.67 Å². The molecule has 13 heavy (non-hydrogen) atoms. The van der Waals surface area contributed by atoms with E-state index in [-0.39, 0.29) is 0 Å². The normalized spacial score (nSPS) is 10.5. The van der Waals surface area contributed by atoms with Crippen molar-refractivity contribution in [2.45, 2.75) is 13.8 Å². The number of hydrogen-bond donors (Lipinski definition) is 1. The van der Waals surface area contributed by atoms with Crippen molar-refractivity contribution in [1.82, 2.24) is 4.81 Å². The first-order valence-corrected chi connectivity index (χ1v) is 4.46. The van der Waals surface area contributed by atoms with Crippen LogP contribution in [0, 0.1) is 13.8 Å². The van der Waals surface area contributed by atoms with E-state index in [9.17, 15) is 0 Å². The van der Waals surface area contributed by atoms with Gasteiger partial charge in [0.25, 0.3) is 0 Å². The van der Waals surface area contributed by atoms with Crippen LogP contribution in [0.15, 0.2) is 18.2 Å². The average Bonchev–Trinajstić information content (AvgIpc) is 2.11. The minimum Gasteiger partial charge on any atom is -0.333 e. The van der Waals surface area contributed by atoms with E-state index in [0.29, 0.717) is 6.67 Å². The smallest absolute Gasteiger partial charge is 0.248 e. The molecule has 0 aliphatic heterocycles. The second-order valence-electron chi connectivity index (χ2n) is 3.41. The zero-order valence-electron chi connectivity index (χ0n) is 8.54. The van der Waals surface area contributed by atoms with Gasteiger partial charge in [0.05, 0.1) is 0 Å². The van der Waals surface area contributed by atoms with Crippen molar-refractivity contribution in [3.63, 3.8) is 0 Å². The van der Waals surface area contributed by atoms with Gasteiger partial charge in [0.2, 0.25) is 7.41 Å². The third-order valence-corrected chi connectivity index (χ3v) is 2.19. The summed E-state index contributed by atoms with van der Waals surface area (Å²) in [4.78, 5) is 1.96. The molecule has 0 aliphatic rings. The highest BCUT2D eigenvalue weighted by Crippen LogP contribution is 2.02. The molecule has 0 saturated heterocycles. The molecule has 0 fully saturated rings. The van der Waals surface area contributed by atoms with Crippen LogP contribution in [0.5, 0.6) is 0 Å². The van der Waals surface area contributed by atoms with Crippen LogP contribution in [-0.2, 0) is 0 Å². The molecular formula is C10H16BN2. The fourth-order valence-electron chi connectivity index (χ4n) is 1.15. The molecule has 0 aromatic heterocycles. The summed E-state index contributed by atoms with van der Waals surface area (Å²) in [5.74, 6) is 0. The van der Waals surface area contributed by atoms with Gasteiger partial charge < -0.3 is 10.5 Å². The zero-order chi connectivity index (χ0) is 9.84. The summed E-state index contributed by atoms with van der Waals surface area (Å²) in [7, 11) is 4.02. The van der Waals surface area contributed by atoms with Gasteiger partial charge in [-0.15, -0.1) is 0 Å². The fraction of sp³-hybridized carbons (Fsp3) is 0.400. The molecule has 0 spiro atoms. The molecule has 0 unspecified atom stereocenters. The molecular weight excluding hydrogens is 159 g/mol. The largest absolute Gasteiger partial charge is 0.333 e. The molecule has 0 bridgehead atoms. The van der Waals surface area contributed by atoms with Crippen LogP contribution in [0.4, 0.5) is 0 Å². The Balaban J connectivity index is 2.73. The Morgan fingerprint density at radius 2 is 2.00 bits per heavy atom. The van der Waals surface area contributed by atoms with Gasteiger partial charge >= 0.3 is 0 Å². The van der Waals surface area contributed by atoms with Crippen LogP contribution in [0.2, 0.25) is 0 Å². The fourth-order valence-corrected chi connectivity index (χ4v) is 1.15. The van der Waals surface area contributed by atoms with E-state index in [4.69, 9.17) is 5.73 Å². The Hall–Kier alpha value is -0.795. The zero-order valence-corrected chi connectivity index (χ0v) is 8.54. The second-order valence-corrected chi connectivity index (χ2v) is 3.41. The molecule has 69 valence electrons. The first kappa shape index (κ1) is 10.3. The molecule has 2 N–H and O–H groups in total. The van der Waals surface area contributed by atoms with Crippen LogP contribution in [0.1, 0.15) is 11.1 Å². The van der Waals surface area contributed by atoms with E-state index >= 15 is 0 Å². The molecule has 3 heteroatoms. The molecule has 1 radical (unpaired) electrons. The Kier molecular flexibility index (Phi) is 3.52. The summed E-state index contributed by atoms with van der Waals surface area (Å²) in [6.07, 6.45) is 0. The quantitative estimate of drug-likeness (QED) is 0.532. The summed E-state index contributed by atoms with van der Waals surface area (Å²) in [5, 5.41) is 0. The highest BCUT2D eigenvalue weighted by atomic mass is 15.1. The Morgan fingerprint density at radius 3 is 2.54 bits per heavy atom. The van der Waals surface area contributed by atoms with Crippen LogP contribution >= 0.6 is 0 Å². The summed E-state index contributed by atoms with van der Waals surface area (Å²) in [6, 6.07) is 6.40. The maximum atomic E-state index is 5.48. The number of aryl methyl sites for hydroxylation is 2. The van der Waals surface area contributed by atoms with Gasteiger partial charge in [-0.2, -0.15) is 0 Å². The highest BCUT2D eigenvalue weighted by Gasteiger charge is 2.01. The minimum atomic E-state index is 0.549. The van der Waals surface area contributed by atoms with E-state index in [1.807, 2.05) is 19.3 Å². The Labute approximate surface area is 81.0 Å². The molecule has 1 aromatic rings. The lowest BCUT2D eigenvalue weighted by Gasteiger charge is -2.12. The van der Waals surface area contributed by atoms with Crippen molar-refractivity contribution in [3.05, 3.63) is 29.3 Å². The molecule has 0 amide bonds. The predicted molar refractivity (Wildman–Crippen MR) is 58.1 cm³/mol. The van der Waals surface area contributed by atoms with Crippen molar-refractivity contribution in [2.24, 2.45) is 5.73 Å².